The number of benzene rings is 9. The van der Waals surface area contributed by atoms with E-state index in [0.29, 0.717) is 0 Å². The lowest BCUT2D eigenvalue weighted by Gasteiger charge is -2.28. The Morgan fingerprint density at radius 1 is 0.429 bits per heavy atom. The Morgan fingerprint density at radius 2 is 1.07 bits per heavy atom. The zero-order valence-corrected chi connectivity index (χ0v) is 31.8. The first kappa shape index (κ1) is 32.7. The fourth-order valence-electron chi connectivity index (χ4n) is 9.70. The van der Waals surface area contributed by atoms with Crippen molar-refractivity contribution in [2.45, 2.75) is 32.1 Å². The van der Waals surface area contributed by atoms with E-state index in [2.05, 4.69) is 207 Å². The van der Waals surface area contributed by atoms with Crippen LogP contribution in [0.4, 0.5) is 17.1 Å². The highest BCUT2D eigenvalue weighted by molar-refractivity contribution is 6.17. The molecule has 0 aromatic heterocycles. The van der Waals surface area contributed by atoms with Gasteiger partial charge in [0.05, 0.1) is 0 Å². The number of fused-ring (bicyclic) bond motifs is 8. The second kappa shape index (κ2) is 12.7. The second-order valence-corrected chi connectivity index (χ2v) is 16.0. The SMILES string of the molecule is CC1(C)C2=C(C=CCC2)c2cc(N(c3ccc(-c4ccc5ccc6c7ccccc7ccc6c5c4)cc3)c3cccc(-c4cccc5ccccc45)c3)ccc21. The molecule has 0 heterocycles. The fourth-order valence-corrected chi connectivity index (χ4v) is 9.70. The monoisotopic (exact) mass is 715 g/mol. The Morgan fingerprint density at radius 3 is 1.91 bits per heavy atom. The molecule has 0 unspecified atom stereocenters. The molecular weight excluding hydrogens is 675 g/mol. The van der Waals surface area contributed by atoms with E-state index in [9.17, 15) is 0 Å². The van der Waals surface area contributed by atoms with Gasteiger partial charge in [-0.05, 0) is 137 Å². The lowest BCUT2D eigenvalue weighted by molar-refractivity contribution is 0.607. The molecule has 56 heavy (non-hydrogen) atoms. The van der Waals surface area contributed by atoms with Crippen LogP contribution >= 0.6 is 0 Å². The normalized spacial score (nSPS) is 14.5. The van der Waals surface area contributed by atoms with Crippen LogP contribution in [0, 0.1) is 0 Å². The first-order valence-electron chi connectivity index (χ1n) is 19.9. The van der Waals surface area contributed by atoms with Crippen LogP contribution in [-0.4, -0.2) is 0 Å². The molecule has 0 saturated heterocycles. The van der Waals surface area contributed by atoms with Gasteiger partial charge in [-0.25, -0.2) is 0 Å². The van der Waals surface area contributed by atoms with E-state index >= 15 is 0 Å². The van der Waals surface area contributed by atoms with Gasteiger partial charge >= 0.3 is 0 Å². The van der Waals surface area contributed by atoms with Crippen LogP contribution in [-0.2, 0) is 5.41 Å². The number of rotatable bonds is 5. The van der Waals surface area contributed by atoms with Gasteiger partial charge in [-0.1, -0.05) is 165 Å². The highest BCUT2D eigenvalue weighted by Crippen LogP contribution is 2.52. The molecule has 0 fully saturated rings. The molecule has 2 aliphatic rings. The minimum atomic E-state index is 0.0347. The maximum Gasteiger partial charge on any atom is 0.0468 e. The molecule has 0 amide bonds. The van der Waals surface area contributed by atoms with Crippen LogP contribution in [0.1, 0.15) is 37.8 Å². The molecule has 0 spiro atoms. The number of nitrogens with zero attached hydrogens (tertiary/aromatic N) is 1. The largest absolute Gasteiger partial charge is 0.310 e. The molecule has 1 heteroatoms. The third kappa shape index (κ3) is 5.15. The number of allylic oxidation sites excluding steroid dienone is 4. The fraction of sp³-hybridized carbons (Fsp3) is 0.0909. The minimum Gasteiger partial charge on any atom is -0.310 e. The molecule has 266 valence electrons. The Kier molecular flexibility index (Phi) is 7.41. The number of anilines is 3. The van der Waals surface area contributed by atoms with Crippen molar-refractivity contribution in [3.63, 3.8) is 0 Å². The predicted molar refractivity (Wildman–Crippen MR) is 240 cm³/mol. The van der Waals surface area contributed by atoms with Crippen LogP contribution in [0.15, 0.2) is 194 Å². The van der Waals surface area contributed by atoms with E-state index in [1.165, 1.54) is 87.7 Å². The van der Waals surface area contributed by atoms with Crippen molar-refractivity contribution in [1.29, 1.82) is 0 Å². The molecule has 0 bridgehead atoms. The molecule has 0 saturated carbocycles. The summed E-state index contributed by atoms with van der Waals surface area (Å²) in [6.45, 7) is 4.80. The molecule has 9 aromatic carbocycles. The standard InChI is InChI=1S/C55H41N/c1-55(2)53-20-8-7-18-50(53)52-35-44(29-32-54(52)55)56(43-15-9-14-41(33-43)47-19-10-13-37-11-3-5-16-45(37)47)42-27-23-36(24-28-42)40-22-21-39-26-30-48-46-17-6-4-12-38(46)25-31-49(48)51(39)34-40/h3-7,9-19,21-35H,8,20H2,1-2H3. The van der Waals surface area contributed by atoms with Gasteiger partial charge in [-0.2, -0.15) is 0 Å². The van der Waals surface area contributed by atoms with Gasteiger partial charge in [0, 0.05) is 22.5 Å². The Hall–Kier alpha value is -6.70. The van der Waals surface area contributed by atoms with Gasteiger partial charge in [0.1, 0.15) is 0 Å². The highest BCUT2D eigenvalue weighted by atomic mass is 15.1. The van der Waals surface area contributed by atoms with Crippen molar-refractivity contribution in [3.8, 4) is 22.3 Å². The van der Waals surface area contributed by atoms with E-state index in [1.807, 2.05) is 0 Å². The summed E-state index contributed by atoms with van der Waals surface area (Å²) >= 11 is 0. The summed E-state index contributed by atoms with van der Waals surface area (Å²) in [6.07, 6.45) is 6.96. The minimum absolute atomic E-state index is 0.0347. The van der Waals surface area contributed by atoms with Crippen molar-refractivity contribution in [1.82, 2.24) is 0 Å². The van der Waals surface area contributed by atoms with Gasteiger partial charge < -0.3 is 4.90 Å². The zero-order chi connectivity index (χ0) is 37.4. The van der Waals surface area contributed by atoms with Crippen molar-refractivity contribution in [2.75, 3.05) is 4.90 Å². The lowest BCUT2D eigenvalue weighted by Crippen LogP contribution is -2.18. The van der Waals surface area contributed by atoms with E-state index in [4.69, 9.17) is 0 Å². The van der Waals surface area contributed by atoms with Crippen LogP contribution in [0.5, 0.6) is 0 Å². The smallest absolute Gasteiger partial charge is 0.0468 e. The van der Waals surface area contributed by atoms with E-state index in [0.717, 1.165) is 24.2 Å². The summed E-state index contributed by atoms with van der Waals surface area (Å²) in [7, 11) is 0. The maximum atomic E-state index is 2.44. The molecule has 11 rings (SSSR count). The van der Waals surface area contributed by atoms with Gasteiger partial charge in [-0.15, -0.1) is 0 Å². The van der Waals surface area contributed by atoms with Crippen LogP contribution in [0.3, 0.4) is 0 Å². The van der Waals surface area contributed by atoms with Crippen LogP contribution in [0.2, 0.25) is 0 Å². The lowest BCUT2D eigenvalue weighted by atomic mass is 9.78. The molecule has 1 nitrogen and oxygen atoms in total. The quantitative estimate of drug-likeness (QED) is 0.160. The Bertz CT molecular complexity index is 3100. The van der Waals surface area contributed by atoms with Crippen molar-refractivity contribution >= 4 is 65.7 Å². The second-order valence-electron chi connectivity index (χ2n) is 16.0. The summed E-state index contributed by atoms with van der Waals surface area (Å²) in [4.78, 5) is 2.44. The third-order valence-corrected chi connectivity index (χ3v) is 12.6. The van der Waals surface area contributed by atoms with E-state index in [-0.39, 0.29) is 5.41 Å². The summed E-state index contributed by atoms with van der Waals surface area (Å²) < 4.78 is 0. The van der Waals surface area contributed by atoms with Gasteiger partial charge in [0.2, 0.25) is 0 Å². The Balaban J connectivity index is 1.04. The first-order chi connectivity index (χ1) is 27.5. The summed E-state index contributed by atoms with van der Waals surface area (Å²) in [5.41, 5.74) is 14.1. The molecule has 0 atom stereocenters. The van der Waals surface area contributed by atoms with Crippen molar-refractivity contribution < 1.29 is 0 Å². The zero-order valence-electron chi connectivity index (χ0n) is 31.8. The third-order valence-electron chi connectivity index (χ3n) is 12.6. The summed E-state index contributed by atoms with van der Waals surface area (Å²) in [6, 6.07) is 65.4. The van der Waals surface area contributed by atoms with Gasteiger partial charge in [0.15, 0.2) is 0 Å². The molecule has 2 aliphatic carbocycles. The predicted octanol–water partition coefficient (Wildman–Crippen LogP) is 15.5. The average Bonchev–Trinajstić information content (AvgIpc) is 3.48. The average molecular weight is 716 g/mol. The molecular formula is C55H41N. The molecule has 0 radical (unpaired) electrons. The van der Waals surface area contributed by atoms with Crippen molar-refractivity contribution in [3.05, 3.63) is 205 Å². The van der Waals surface area contributed by atoms with E-state index in [1.54, 1.807) is 5.57 Å². The summed E-state index contributed by atoms with van der Waals surface area (Å²) in [5, 5.41) is 10.2. The topological polar surface area (TPSA) is 3.24 Å². The first-order valence-corrected chi connectivity index (χ1v) is 19.9. The van der Waals surface area contributed by atoms with Gasteiger partial charge in [0.25, 0.3) is 0 Å². The van der Waals surface area contributed by atoms with Crippen LogP contribution < -0.4 is 4.90 Å². The van der Waals surface area contributed by atoms with Gasteiger partial charge in [-0.3, -0.25) is 0 Å². The highest BCUT2D eigenvalue weighted by Gasteiger charge is 2.37. The van der Waals surface area contributed by atoms with Crippen LogP contribution in [0.25, 0.3) is 70.9 Å². The molecule has 9 aromatic rings. The number of hydrogen-bond acceptors (Lipinski definition) is 1. The van der Waals surface area contributed by atoms with E-state index < -0.39 is 0 Å². The Labute approximate surface area is 328 Å². The summed E-state index contributed by atoms with van der Waals surface area (Å²) in [5.74, 6) is 0. The number of hydrogen-bond donors (Lipinski definition) is 0. The van der Waals surface area contributed by atoms with Crippen molar-refractivity contribution in [2.24, 2.45) is 0 Å². The maximum absolute atomic E-state index is 2.44. The molecule has 0 N–H and O–H groups in total. The molecule has 0 aliphatic heterocycles.